The van der Waals surface area contributed by atoms with E-state index in [-0.39, 0.29) is 18.4 Å². The third-order valence-corrected chi connectivity index (χ3v) is 8.16. The van der Waals surface area contributed by atoms with Gasteiger partial charge >= 0.3 is 6.01 Å². The maximum atomic E-state index is 12.5. The van der Waals surface area contributed by atoms with Crippen LogP contribution in [0.25, 0.3) is 0 Å². The van der Waals surface area contributed by atoms with Gasteiger partial charge < -0.3 is 24.3 Å². The number of hydrogen-bond acceptors (Lipinski definition) is 8. The van der Waals surface area contributed by atoms with E-state index in [1.807, 2.05) is 14.1 Å². The van der Waals surface area contributed by atoms with Crippen LogP contribution >= 0.6 is 0 Å². The van der Waals surface area contributed by atoms with Gasteiger partial charge in [-0.1, -0.05) is 18.7 Å². The highest BCUT2D eigenvalue weighted by molar-refractivity contribution is 5.87. The number of piperazine rings is 1. The number of hydrogen-bond donors (Lipinski definition) is 0. The number of rotatable bonds is 8. The van der Waals surface area contributed by atoms with E-state index < -0.39 is 0 Å². The van der Waals surface area contributed by atoms with Crippen LogP contribution in [0.1, 0.15) is 35.2 Å². The fourth-order valence-corrected chi connectivity index (χ4v) is 6.10. The topological polar surface area (TPSA) is 88.8 Å². The Kier molecular flexibility index (Phi) is 8.03. The normalized spacial score (nSPS) is 20.4. The fourth-order valence-electron chi connectivity index (χ4n) is 6.10. The second kappa shape index (κ2) is 11.6. The van der Waals surface area contributed by atoms with Crippen LogP contribution in [-0.4, -0.2) is 91.2 Å². The summed E-state index contributed by atoms with van der Waals surface area (Å²) in [5, 5.41) is 9.46. The monoisotopic (exact) mass is 529 g/mol. The molecule has 2 aromatic rings. The molecule has 9 heteroatoms. The lowest BCUT2D eigenvalue weighted by atomic mass is 9.90. The summed E-state index contributed by atoms with van der Waals surface area (Å²) in [6.07, 6.45) is 5.46. The van der Waals surface area contributed by atoms with Crippen LogP contribution in [0.2, 0.25) is 0 Å². The Bertz CT molecular complexity index is 1270. The standard InChI is InChI=1S/C30H39N7O2/c1-5-28(38)37-15-14-35(20-24(37)10-12-31)29-25-9-8-23(36-13-11-22-7-6-21(2)18-27(22)36)19-26(25)32-30(33-29)39-17-16-34(3)4/h5-7,18,23-24H,1,8-11,13-17,19-20H2,2-4H3/t23?,24-/m0/s1. The molecular formula is C30H39N7O2. The minimum atomic E-state index is -0.210. The number of nitrogens with zero attached hydrogens (tertiary/aromatic N) is 7. The molecular weight excluding hydrogens is 490 g/mol. The Labute approximate surface area is 231 Å². The molecule has 0 saturated carbocycles. The predicted molar refractivity (Wildman–Crippen MR) is 152 cm³/mol. The summed E-state index contributed by atoms with van der Waals surface area (Å²) in [4.78, 5) is 30.9. The van der Waals surface area contributed by atoms with Crippen molar-refractivity contribution in [3.63, 3.8) is 0 Å². The van der Waals surface area contributed by atoms with Crippen molar-refractivity contribution in [3.05, 3.63) is 53.2 Å². The molecule has 0 radical (unpaired) electrons. The summed E-state index contributed by atoms with van der Waals surface area (Å²) >= 11 is 0. The quantitative estimate of drug-likeness (QED) is 0.483. The van der Waals surface area contributed by atoms with E-state index in [0.717, 1.165) is 50.3 Å². The molecule has 5 rings (SSSR count). The molecule has 9 nitrogen and oxygen atoms in total. The average molecular weight is 530 g/mol. The summed E-state index contributed by atoms with van der Waals surface area (Å²) < 4.78 is 6.06. The van der Waals surface area contributed by atoms with Gasteiger partial charge in [0.15, 0.2) is 0 Å². The van der Waals surface area contributed by atoms with E-state index in [1.165, 1.54) is 28.5 Å². The first kappa shape index (κ1) is 26.9. The Morgan fingerprint density at radius 2 is 2.10 bits per heavy atom. The number of fused-ring (bicyclic) bond motifs is 2. The third kappa shape index (κ3) is 5.71. The lowest BCUT2D eigenvalue weighted by molar-refractivity contribution is -0.128. The van der Waals surface area contributed by atoms with Crippen molar-refractivity contribution in [1.29, 1.82) is 5.26 Å². The van der Waals surface area contributed by atoms with Crippen LogP contribution < -0.4 is 14.5 Å². The van der Waals surface area contributed by atoms with Gasteiger partial charge in [-0.25, -0.2) is 0 Å². The van der Waals surface area contributed by atoms with Crippen LogP contribution in [0.3, 0.4) is 0 Å². The summed E-state index contributed by atoms with van der Waals surface area (Å²) in [6.45, 7) is 9.84. The first-order valence-electron chi connectivity index (χ1n) is 14.0. The summed E-state index contributed by atoms with van der Waals surface area (Å²) in [7, 11) is 4.03. The molecule has 3 aliphatic rings. The zero-order valence-electron chi connectivity index (χ0n) is 23.4. The predicted octanol–water partition coefficient (Wildman–Crippen LogP) is 2.76. The van der Waals surface area contributed by atoms with E-state index in [1.54, 1.807) is 4.90 Å². The lowest BCUT2D eigenvalue weighted by Crippen LogP contribution is -2.55. The van der Waals surface area contributed by atoms with Crippen molar-refractivity contribution in [2.75, 3.05) is 63.2 Å². The maximum Gasteiger partial charge on any atom is 0.318 e. The van der Waals surface area contributed by atoms with Crippen molar-refractivity contribution >= 4 is 17.4 Å². The number of aromatic nitrogens is 2. The average Bonchev–Trinajstić information content (AvgIpc) is 3.35. The minimum Gasteiger partial charge on any atom is -0.462 e. The van der Waals surface area contributed by atoms with Gasteiger partial charge in [0.2, 0.25) is 5.91 Å². The molecule has 1 aromatic carbocycles. The molecule has 0 spiro atoms. The number of aryl methyl sites for hydroxylation is 1. The first-order chi connectivity index (χ1) is 18.9. The summed E-state index contributed by atoms with van der Waals surface area (Å²) in [5.41, 5.74) is 6.31. The Morgan fingerprint density at radius 1 is 1.26 bits per heavy atom. The van der Waals surface area contributed by atoms with Crippen molar-refractivity contribution < 1.29 is 9.53 Å². The molecule has 39 heavy (non-hydrogen) atoms. The minimum absolute atomic E-state index is 0.128. The first-order valence-corrected chi connectivity index (χ1v) is 14.0. The Balaban J connectivity index is 1.43. The molecule has 1 fully saturated rings. The van der Waals surface area contributed by atoms with Gasteiger partial charge in [0.25, 0.3) is 0 Å². The summed E-state index contributed by atoms with van der Waals surface area (Å²) in [6, 6.07) is 9.63. The van der Waals surface area contributed by atoms with Crippen molar-refractivity contribution in [2.45, 2.75) is 51.1 Å². The molecule has 1 saturated heterocycles. The maximum absolute atomic E-state index is 12.5. The van der Waals surface area contributed by atoms with Gasteiger partial charge in [-0.3, -0.25) is 4.79 Å². The smallest absolute Gasteiger partial charge is 0.318 e. The van der Waals surface area contributed by atoms with Crippen LogP contribution in [0.4, 0.5) is 11.5 Å². The number of amides is 1. The van der Waals surface area contributed by atoms with Gasteiger partial charge in [0.05, 0.1) is 24.2 Å². The van der Waals surface area contributed by atoms with Crippen molar-refractivity contribution in [3.8, 4) is 12.1 Å². The van der Waals surface area contributed by atoms with Crippen LogP contribution in [-0.2, 0) is 24.1 Å². The molecule has 2 atom stereocenters. The van der Waals surface area contributed by atoms with Crippen molar-refractivity contribution in [1.82, 2.24) is 19.8 Å². The van der Waals surface area contributed by atoms with Gasteiger partial charge in [-0.2, -0.15) is 15.2 Å². The van der Waals surface area contributed by atoms with Gasteiger partial charge in [-0.05, 0) is 63.6 Å². The number of nitriles is 1. The zero-order valence-corrected chi connectivity index (χ0v) is 23.4. The molecule has 1 aliphatic carbocycles. The van der Waals surface area contributed by atoms with Crippen LogP contribution in [0.5, 0.6) is 6.01 Å². The van der Waals surface area contributed by atoms with E-state index in [4.69, 9.17) is 14.7 Å². The second-order valence-electron chi connectivity index (χ2n) is 11.1. The fraction of sp³-hybridized carbons (Fsp3) is 0.533. The highest BCUT2D eigenvalue weighted by atomic mass is 16.5. The zero-order chi connectivity index (χ0) is 27.5. The van der Waals surface area contributed by atoms with Crippen LogP contribution in [0, 0.1) is 18.3 Å². The molecule has 1 unspecified atom stereocenters. The largest absolute Gasteiger partial charge is 0.462 e. The van der Waals surface area contributed by atoms with Crippen LogP contribution in [0.15, 0.2) is 30.9 Å². The lowest BCUT2D eigenvalue weighted by Gasteiger charge is -2.42. The number of carbonyl (C=O) groups is 1. The third-order valence-electron chi connectivity index (χ3n) is 8.16. The molecule has 0 N–H and O–H groups in total. The van der Waals surface area contributed by atoms with Gasteiger partial charge in [0, 0.05) is 56.4 Å². The number of carbonyl (C=O) groups excluding carboxylic acids is 1. The second-order valence-corrected chi connectivity index (χ2v) is 11.1. The molecule has 3 heterocycles. The Morgan fingerprint density at radius 3 is 2.87 bits per heavy atom. The van der Waals surface area contributed by atoms with E-state index in [0.29, 0.717) is 38.3 Å². The number of ether oxygens (including phenoxy) is 1. The van der Waals surface area contributed by atoms with E-state index >= 15 is 0 Å². The highest BCUT2D eigenvalue weighted by Crippen LogP contribution is 2.37. The van der Waals surface area contributed by atoms with E-state index in [2.05, 4.69) is 52.5 Å². The Hall–Kier alpha value is -3.64. The summed E-state index contributed by atoms with van der Waals surface area (Å²) in [5.74, 6) is 0.765. The molecule has 1 aromatic heterocycles. The molecule has 206 valence electrons. The SMILES string of the molecule is C=CC(=O)N1CCN(c2nc(OCCN(C)C)nc3c2CCC(N2CCc4ccc(C)cc42)C3)C[C@@H]1CC#N. The molecule has 1 amide bonds. The molecule has 0 bridgehead atoms. The van der Waals surface area contributed by atoms with E-state index in [9.17, 15) is 10.1 Å². The van der Waals surface area contributed by atoms with Crippen molar-refractivity contribution in [2.24, 2.45) is 0 Å². The number of benzene rings is 1. The highest BCUT2D eigenvalue weighted by Gasteiger charge is 2.35. The number of anilines is 2. The van der Waals surface area contributed by atoms with Gasteiger partial charge in [-0.15, -0.1) is 0 Å². The number of likely N-dealkylation sites (N-methyl/N-ethyl adjacent to an activating group) is 1. The van der Waals surface area contributed by atoms with Gasteiger partial charge in [0.1, 0.15) is 12.4 Å². The molecule has 2 aliphatic heterocycles.